The first-order valence-electron chi connectivity index (χ1n) is 4.13. The molecule has 1 fully saturated rings. The van der Waals surface area contributed by atoms with Gasteiger partial charge in [-0.15, -0.1) is 0 Å². The van der Waals surface area contributed by atoms with Gasteiger partial charge >= 0.3 is 0 Å². The molecule has 1 aliphatic heterocycles. The Morgan fingerprint density at radius 1 is 1.67 bits per heavy atom. The van der Waals surface area contributed by atoms with E-state index in [9.17, 15) is 4.91 Å². The lowest BCUT2D eigenvalue weighted by atomic mass is 9.88. The molecule has 0 aliphatic carbocycles. The number of ether oxygens (including phenoxy) is 2. The van der Waals surface area contributed by atoms with Crippen LogP contribution in [0.25, 0.3) is 0 Å². The maximum absolute atomic E-state index is 10.5. The minimum absolute atomic E-state index is 0.138. The van der Waals surface area contributed by atoms with E-state index >= 15 is 0 Å². The van der Waals surface area contributed by atoms with E-state index in [0.717, 1.165) is 6.42 Å². The second-order valence-electron chi connectivity index (χ2n) is 3.39. The van der Waals surface area contributed by atoms with Crippen LogP contribution in [0.1, 0.15) is 20.3 Å². The van der Waals surface area contributed by atoms with E-state index in [1.807, 2.05) is 13.8 Å². The van der Waals surface area contributed by atoms with Crippen molar-refractivity contribution in [2.45, 2.75) is 38.0 Å². The fourth-order valence-electron chi connectivity index (χ4n) is 1.60. The number of rotatable bonds is 2. The Hall–Kier alpha value is -0.480. The molecule has 0 N–H and O–H groups in total. The Kier molecular flexibility index (Phi) is 2.80. The molecule has 12 heavy (non-hydrogen) atoms. The van der Waals surface area contributed by atoms with Crippen LogP contribution in [-0.2, 0) is 9.47 Å². The summed E-state index contributed by atoms with van der Waals surface area (Å²) < 4.78 is 10.6. The van der Waals surface area contributed by atoms with Gasteiger partial charge in [-0.1, -0.05) is 5.18 Å². The van der Waals surface area contributed by atoms with Gasteiger partial charge in [-0.25, -0.2) is 0 Å². The van der Waals surface area contributed by atoms with Gasteiger partial charge in [0.25, 0.3) is 0 Å². The molecule has 4 nitrogen and oxygen atoms in total. The number of hydrogen-bond acceptors (Lipinski definition) is 4. The van der Waals surface area contributed by atoms with Crippen LogP contribution in [0.5, 0.6) is 0 Å². The van der Waals surface area contributed by atoms with Crippen molar-refractivity contribution in [3.8, 4) is 0 Å². The average molecular weight is 173 g/mol. The second kappa shape index (κ2) is 3.49. The van der Waals surface area contributed by atoms with E-state index in [1.165, 1.54) is 0 Å². The van der Waals surface area contributed by atoms with E-state index < -0.39 is 11.6 Å². The SMILES string of the molecule is CO[C@]1(C)CCO[C@@H](C)C1N=O. The Labute approximate surface area is 72.2 Å². The molecule has 1 saturated heterocycles. The topological polar surface area (TPSA) is 47.9 Å². The molecule has 1 heterocycles. The van der Waals surface area contributed by atoms with Gasteiger partial charge in [-0.3, -0.25) is 0 Å². The van der Waals surface area contributed by atoms with Gasteiger partial charge in [0.05, 0.1) is 11.7 Å². The molecule has 0 spiro atoms. The highest BCUT2D eigenvalue weighted by Crippen LogP contribution is 2.30. The van der Waals surface area contributed by atoms with Crippen molar-refractivity contribution in [1.29, 1.82) is 0 Å². The third-order valence-corrected chi connectivity index (χ3v) is 2.63. The lowest BCUT2D eigenvalue weighted by Gasteiger charge is -2.39. The third kappa shape index (κ3) is 1.49. The van der Waals surface area contributed by atoms with Crippen LogP contribution in [0.2, 0.25) is 0 Å². The van der Waals surface area contributed by atoms with E-state index in [0.29, 0.717) is 6.61 Å². The lowest BCUT2D eigenvalue weighted by Crippen LogP contribution is -2.51. The van der Waals surface area contributed by atoms with Crippen LogP contribution in [0, 0.1) is 4.91 Å². The smallest absolute Gasteiger partial charge is 0.146 e. The summed E-state index contributed by atoms with van der Waals surface area (Å²) in [4.78, 5) is 10.5. The molecule has 1 rings (SSSR count). The van der Waals surface area contributed by atoms with Crippen LogP contribution >= 0.6 is 0 Å². The number of nitroso groups, excluding NO2 is 1. The molecule has 0 aromatic carbocycles. The molecule has 1 aliphatic rings. The minimum Gasteiger partial charge on any atom is -0.376 e. The Morgan fingerprint density at radius 3 is 2.75 bits per heavy atom. The highest BCUT2D eigenvalue weighted by molar-refractivity contribution is 4.95. The van der Waals surface area contributed by atoms with Crippen molar-refractivity contribution in [1.82, 2.24) is 0 Å². The summed E-state index contributed by atoms with van der Waals surface area (Å²) in [5, 5.41) is 3.05. The van der Waals surface area contributed by atoms with Gasteiger partial charge in [-0.2, -0.15) is 4.91 Å². The molecule has 0 radical (unpaired) electrons. The number of nitrogens with zero attached hydrogens (tertiary/aromatic N) is 1. The first-order valence-corrected chi connectivity index (χ1v) is 4.13. The zero-order chi connectivity index (χ0) is 9.19. The molecule has 0 aromatic heterocycles. The van der Waals surface area contributed by atoms with E-state index in [1.54, 1.807) is 7.11 Å². The Balaban J connectivity index is 2.76. The normalized spacial score (nSPS) is 42.6. The first kappa shape index (κ1) is 9.61. The molecule has 0 saturated carbocycles. The molecule has 70 valence electrons. The highest BCUT2D eigenvalue weighted by atomic mass is 16.5. The fourth-order valence-corrected chi connectivity index (χ4v) is 1.60. The molecule has 0 aromatic rings. The van der Waals surface area contributed by atoms with Gasteiger partial charge in [0.2, 0.25) is 0 Å². The predicted octanol–water partition coefficient (Wildman–Crippen LogP) is 1.34. The molecule has 3 atom stereocenters. The quantitative estimate of drug-likeness (QED) is 0.592. The fraction of sp³-hybridized carbons (Fsp3) is 1.00. The summed E-state index contributed by atoms with van der Waals surface area (Å²) in [7, 11) is 1.61. The van der Waals surface area contributed by atoms with Gasteiger partial charge in [-0.05, 0) is 13.8 Å². The maximum atomic E-state index is 10.5. The van der Waals surface area contributed by atoms with E-state index in [4.69, 9.17) is 9.47 Å². The first-order chi connectivity index (χ1) is 5.64. The second-order valence-corrected chi connectivity index (χ2v) is 3.39. The van der Waals surface area contributed by atoms with Crippen molar-refractivity contribution >= 4 is 0 Å². The van der Waals surface area contributed by atoms with Crippen molar-refractivity contribution in [2.24, 2.45) is 5.18 Å². The predicted molar refractivity (Wildman–Crippen MR) is 45.0 cm³/mol. The number of hydrogen-bond donors (Lipinski definition) is 0. The zero-order valence-corrected chi connectivity index (χ0v) is 7.74. The van der Waals surface area contributed by atoms with Crippen molar-refractivity contribution < 1.29 is 9.47 Å². The molecule has 4 heteroatoms. The average Bonchev–Trinajstić information content (AvgIpc) is 2.05. The summed E-state index contributed by atoms with van der Waals surface area (Å²) in [6.07, 6.45) is 0.589. The molecular formula is C8H15NO3. The maximum Gasteiger partial charge on any atom is 0.146 e. The van der Waals surface area contributed by atoms with Gasteiger partial charge in [0.1, 0.15) is 6.04 Å². The summed E-state index contributed by atoms with van der Waals surface area (Å²) >= 11 is 0. The van der Waals surface area contributed by atoms with Gasteiger partial charge in [0, 0.05) is 20.1 Å². The highest BCUT2D eigenvalue weighted by Gasteiger charge is 2.43. The van der Waals surface area contributed by atoms with Gasteiger partial charge < -0.3 is 9.47 Å². The monoisotopic (exact) mass is 173 g/mol. The number of methoxy groups -OCH3 is 1. The van der Waals surface area contributed by atoms with Crippen molar-refractivity contribution in [2.75, 3.05) is 13.7 Å². The third-order valence-electron chi connectivity index (χ3n) is 2.63. The Morgan fingerprint density at radius 2 is 2.33 bits per heavy atom. The van der Waals surface area contributed by atoms with E-state index in [2.05, 4.69) is 5.18 Å². The lowest BCUT2D eigenvalue weighted by molar-refractivity contribution is -0.122. The van der Waals surface area contributed by atoms with Crippen LogP contribution < -0.4 is 0 Å². The molecule has 1 unspecified atom stereocenters. The van der Waals surface area contributed by atoms with Crippen LogP contribution in [0.4, 0.5) is 0 Å². The van der Waals surface area contributed by atoms with Crippen molar-refractivity contribution in [3.05, 3.63) is 4.91 Å². The van der Waals surface area contributed by atoms with Crippen LogP contribution in [0.15, 0.2) is 5.18 Å². The summed E-state index contributed by atoms with van der Waals surface area (Å²) in [6.45, 7) is 4.39. The zero-order valence-electron chi connectivity index (χ0n) is 7.74. The Bertz CT molecular complexity index is 174. The summed E-state index contributed by atoms with van der Waals surface area (Å²) in [5.74, 6) is 0. The summed E-state index contributed by atoms with van der Waals surface area (Å²) in [6, 6.07) is -0.392. The van der Waals surface area contributed by atoms with Crippen LogP contribution in [0.3, 0.4) is 0 Å². The van der Waals surface area contributed by atoms with E-state index in [-0.39, 0.29) is 6.10 Å². The minimum atomic E-state index is -0.445. The van der Waals surface area contributed by atoms with Crippen molar-refractivity contribution in [3.63, 3.8) is 0 Å². The van der Waals surface area contributed by atoms with Gasteiger partial charge in [0.15, 0.2) is 0 Å². The largest absolute Gasteiger partial charge is 0.376 e. The van der Waals surface area contributed by atoms with Crippen LogP contribution in [-0.4, -0.2) is 31.5 Å². The molecule has 0 bridgehead atoms. The molecule has 0 amide bonds. The standard InChI is InChI=1S/C8H15NO3/c1-6-7(9-10)8(2,11-3)4-5-12-6/h6-7H,4-5H2,1-3H3/t6-,7?,8+/m0/s1. The molecular weight excluding hydrogens is 158 g/mol. The summed E-state index contributed by atoms with van der Waals surface area (Å²) in [5.41, 5.74) is -0.445.